The molecule has 1 amide bonds. The summed E-state index contributed by atoms with van der Waals surface area (Å²) in [5, 5.41) is 19.3. The largest absolute Gasteiger partial charge is 0.361 e. The van der Waals surface area contributed by atoms with Crippen LogP contribution in [0.25, 0.3) is 10.9 Å². The number of H-pyrrole nitrogens is 1. The third-order valence-corrected chi connectivity index (χ3v) is 6.92. The number of amides is 1. The first kappa shape index (κ1) is 23.3. The monoisotopic (exact) mass is 443 g/mol. The van der Waals surface area contributed by atoms with Crippen molar-refractivity contribution in [3.05, 3.63) is 36.0 Å². The Labute approximate surface area is 189 Å². The first-order chi connectivity index (χ1) is 14.9. The molecule has 7 nitrogen and oxygen atoms in total. The Kier molecular flexibility index (Phi) is 8.15. The minimum Gasteiger partial charge on any atom is -0.361 e. The number of hydrogen-bond donors (Lipinski definition) is 4. The number of carbonyl (C=O) groups is 1. The topological polar surface area (TPSA) is 101 Å². The van der Waals surface area contributed by atoms with E-state index in [2.05, 4.69) is 48.2 Å². The molecule has 2 atom stereocenters. The van der Waals surface area contributed by atoms with Crippen LogP contribution in [0.3, 0.4) is 0 Å². The molecule has 8 heteroatoms. The second-order valence-corrected chi connectivity index (χ2v) is 9.45. The molecule has 168 valence electrons. The van der Waals surface area contributed by atoms with Gasteiger partial charge in [-0.15, -0.1) is 0 Å². The number of hydrogen-bond acceptors (Lipinski definition) is 4. The number of unbranched alkanes of at least 4 members (excludes halogenated alkanes) is 1. The molecule has 2 unspecified atom stereocenters. The molecule has 0 radical (unpaired) electrons. The molecular weight excluding hydrogens is 408 g/mol. The van der Waals surface area contributed by atoms with Crippen molar-refractivity contribution in [3.63, 3.8) is 0 Å². The molecule has 0 bridgehead atoms. The molecule has 3 rings (SSSR count). The van der Waals surface area contributed by atoms with Crippen molar-refractivity contribution in [1.82, 2.24) is 20.1 Å². The van der Waals surface area contributed by atoms with Crippen molar-refractivity contribution in [2.45, 2.75) is 51.6 Å². The predicted octanol–water partition coefficient (Wildman–Crippen LogP) is 1.85. The Balaban J connectivity index is 1.59. The van der Waals surface area contributed by atoms with E-state index < -0.39 is 0 Å². The van der Waals surface area contributed by atoms with Gasteiger partial charge < -0.3 is 20.1 Å². The van der Waals surface area contributed by atoms with Gasteiger partial charge in [-0.3, -0.25) is 10.2 Å². The fourth-order valence-corrected chi connectivity index (χ4v) is 4.60. The first-order valence-electron chi connectivity index (χ1n) is 11.1. The summed E-state index contributed by atoms with van der Waals surface area (Å²) in [4.78, 5) is 20.4. The van der Waals surface area contributed by atoms with Gasteiger partial charge in [0.2, 0.25) is 0 Å². The lowest BCUT2D eigenvalue weighted by atomic mass is 10.0. The predicted molar refractivity (Wildman–Crippen MR) is 129 cm³/mol. The van der Waals surface area contributed by atoms with E-state index in [-0.39, 0.29) is 17.0 Å². The van der Waals surface area contributed by atoms with Gasteiger partial charge in [0.25, 0.3) is 0 Å². The summed E-state index contributed by atoms with van der Waals surface area (Å²) in [6, 6.07) is 8.59. The van der Waals surface area contributed by atoms with E-state index in [0.717, 1.165) is 62.6 Å². The van der Waals surface area contributed by atoms with Crippen LogP contribution in [-0.4, -0.2) is 69.7 Å². The highest BCUT2D eigenvalue weighted by Gasteiger charge is 2.28. The average molecular weight is 444 g/mol. The molecule has 31 heavy (non-hydrogen) atoms. The van der Waals surface area contributed by atoms with E-state index in [9.17, 15) is 4.79 Å². The molecule has 1 fully saturated rings. The van der Waals surface area contributed by atoms with Gasteiger partial charge in [-0.2, -0.15) is 0 Å². The van der Waals surface area contributed by atoms with Gasteiger partial charge in [-0.1, -0.05) is 38.0 Å². The van der Waals surface area contributed by atoms with Gasteiger partial charge >= 0.3 is 11.0 Å². The van der Waals surface area contributed by atoms with Crippen LogP contribution in [0.5, 0.6) is 0 Å². The van der Waals surface area contributed by atoms with Crippen LogP contribution >= 0.6 is 11.8 Å². The number of amidine groups is 1. The molecular formula is C23H35N6OS+. The van der Waals surface area contributed by atoms with Crippen LogP contribution in [0, 0.1) is 5.41 Å². The van der Waals surface area contributed by atoms with Gasteiger partial charge in [-0.05, 0) is 38.4 Å². The quantitative estimate of drug-likeness (QED) is 0.404. The molecule has 1 saturated heterocycles. The maximum Gasteiger partial charge on any atom is 0.323 e. The van der Waals surface area contributed by atoms with E-state index in [1.165, 1.54) is 10.9 Å². The van der Waals surface area contributed by atoms with Crippen molar-refractivity contribution >= 4 is 38.8 Å². The van der Waals surface area contributed by atoms with Crippen molar-refractivity contribution in [3.8, 4) is 0 Å². The molecule has 0 saturated carbocycles. The summed E-state index contributed by atoms with van der Waals surface area (Å²) >= 11 is 1.06. The lowest BCUT2D eigenvalue weighted by Gasteiger charge is -2.38. The number of fused-ring (bicyclic) bond motifs is 1. The number of carbonyl (C=O) groups excluding carboxylic acids is 1. The van der Waals surface area contributed by atoms with Gasteiger partial charge in [0, 0.05) is 60.6 Å². The fraction of sp³-hybridized carbons (Fsp3) is 0.522. The minimum absolute atomic E-state index is 0.00338. The third kappa shape index (κ3) is 6.11. The maximum absolute atomic E-state index is 12.8. The van der Waals surface area contributed by atoms with Gasteiger partial charge in [0.1, 0.15) is 0 Å². The van der Waals surface area contributed by atoms with E-state index in [0.29, 0.717) is 11.2 Å². The molecule has 1 aliphatic heterocycles. The highest BCUT2D eigenvalue weighted by molar-refractivity contribution is 8.27. The zero-order chi connectivity index (χ0) is 22.4. The summed E-state index contributed by atoms with van der Waals surface area (Å²) in [5.41, 5.74) is 2.30. The second kappa shape index (κ2) is 10.8. The molecule has 0 aliphatic carbocycles. The number of rotatable bonds is 6. The Bertz CT molecular complexity index is 926. The Morgan fingerprint density at radius 2 is 2.16 bits per heavy atom. The maximum atomic E-state index is 12.8. The number of likely N-dealkylation sites (N-methyl/N-ethyl adjacent to an activating group) is 1. The molecule has 5 N–H and O–H groups in total. The number of aromatic nitrogens is 1. The summed E-state index contributed by atoms with van der Waals surface area (Å²) in [5.74, 6) is -0.280. The van der Waals surface area contributed by atoms with Crippen molar-refractivity contribution < 1.29 is 10.2 Å². The smallest absolute Gasteiger partial charge is 0.323 e. The van der Waals surface area contributed by atoms with Crippen LogP contribution in [0.2, 0.25) is 0 Å². The number of nitrogens with two attached hydrogens (primary N) is 1. The van der Waals surface area contributed by atoms with Gasteiger partial charge in [0.15, 0.2) is 5.17 Å². The van der Waals surface area contributed by atoms with Crippen LogP contribution < -0.4 is 10.7 Å². The number of nitrogens with one attached hydrogen (secondary N) is 3. The van der Waals surface area contributed by atoms with Crippen LogP contribution in [0.1, 0.15) is 38.7 Å². The number of para-hydroxylation sites is 1. The minimum atomic E-state index is -0.280. The number of thioether (sulfide) groups is 1. The summed E-state index contributed by atoms with van der Waals surface area (Å²) in [6.07, 6.45) is 5.78. The van der Waals surface area contributed by atoms with Crippen LogP contribution in [-0.2, 0) is 11.2 Å². The summed E-state index contributed by atoms with van der Waals surface area (Å²) in [7, 11) is 2.09. The number of benzene rings is 1. The zero-order valence-corrected chi connectivity index (χ0v) is 19.6. The normalized spacial score (nSPS) is 18.2. The number of nitrogens with zero attached hydrogens (tertiary/aromatic N) is 2. The molecule has 1 aliphatic rings. The Hall–Kier alpha value is -2.32. The van der Waals surface area contributed by atoms with Crippen molar-refractivity contribution in [1.29, 1.82) is 5.41 Å². The van der Waals surface area contributed by atoms with E-state index >= 15 is 0 Å². The fourth-order valence-electron chi connectivity index (χ4n) is 3.95. The van der Waals surface area contributed by atoms with Crippen LogP contribution in [0.4, 0.5) is 0 Å². The van der Waals surface area contributed by atoms with Crippen molar-refractivity contribution in [2.75, 3.05) is 26.7 Å². The highest BCUT2D eigenvalue weighted by atomic mass is 32.2. The standard InChI is InChI=1S/C23H34N6OS/c1-4-5-8-18(13-17-14-26-20-10-7-6-9-19(17)20)27-22(30)21(24)31-23(25)29-12-11-28(3)16(2)15-29/h6-7,9-10,14,16,18,24-26H,4-5,8,11-13,15H2,1-3H3,(H,27,30)/p+1. The van der Waals surface area contributed by atoms with E-state index in [1.807, 2.05) is 23.2 Å². The number of aromatic amines is 1. The molecule has 1 aromatic heterocycles. The molecule has 1 aromatic carbocycles. The molecule has 0 spiro atoms. The van der Waals surface area contributed by atoms with Crippen molar-refractivity contribution in [2.24, 2.45) is 0 Å². The van der Waals surface area contributed by atoms with Gasteiger partial charge in [0.05, 0.1) is 0 Å². The molecule has 2 aromatic rings. The first-order valence-corrected chi connectivity index (χ1v) is 11.9. The lowest BCUT2D eigenvalue weighted by molar-refractivity contribution is -0.133. The van der Waals surface area contributed by atoms with E-state index in [4.69, 9.17) is 10.8 Å². The zero-order valence-electron chi connectivity index (χ0n) is 18.8. The average Bonchev–Trinajstić information content (AvgIpc) is 3.16. The summed E-state index contributed by atoms with van der Waals surface area (Å²) in [6.45, 7) is 6.75. The van der Waals surface area contributed by atoms with Crippen LogP contribution in [0.15, 0.2) is 30.5 Å². The summed E-state index contributed by atoms with van der Waals surface area (Å²) < 4.78 is 0. The van der Waals surface area contributed by atoms with E-state index in [1.54, 1.807) is 0 Å². The number of piperazine rings is 1. The highest BCUT2D eigenvalue weighted by Crippen LogP contribution is 2.21. The third-order valence-electron chi connectivity index (χ3n) is 6.06. The lowest BCUT2D eigenvalue weighted by Crippen LogP contribution is -2.54. The SMILES string of the molecule is CCCCC(Cc1c[nH]c2ccccc12)NC(=O)C(=[NH2+])SC(=N)N1CCN(C)C(C)C1. The Morgan fingerprint density at radius 1 is 1.39 bits per heavy atom. The second-order valence-electron chi connectivity index (χ2n) is 8.42. The van der Waals surface area contributed by atoms with Gasteiger partial charge in [-0.25, -0.2) is 5.41 Å². The molecule has 2 heterocycles. The Morgan fingerprint density at radius 3 is 2.90 bits per heavy atom.